The fourth-order valence-corrected chi connectivity index (χ4v) is 2.13. The quantitative estimate of drug-likeness (QED) is 0.879. The minimum Gasteiger partial charge on any atom is -0.394 e. The number of carbonyl (C=O) groups is 1. The van der Waals surface area contributed by atoms with Crippen LogP contribution in [0.5, 0.6) is 0 Å². The number of amides is 1. The van der Waals surface area contributed by atoms with E-state index in [0.29, 0.717) is 5.02 Å². The lowest BCUT2D eigenvalue weighted by Gasteiger charge is -2.27. The molecule has 1 aliphatic carbocycles. The van der Waals surface area contributed by atoms with E-state index in [1.54, 1.807) is 12.1 Å². The van der Waals surface area contributed by atoms with E-state index < -0.39 is 11.0 Å². The molecule has 4 heteroatoms. The molecule has 1 aromatic carbocycles. The number of hydrogen-bond donors (Lipinski definition) is 2. The number of nitrogens with one attached hydrogen (secondary N) is 1. The number of halogens is 1. The van der Waals surface area contributed by atoms with E-state index in [4.69, 9.17) is 11.6 Å². The molecule has 1 aromatic rings. The van der Waals surface area contributed by atoms with E-state index in [2.05, 4.69) is 5.32 Å². The second kappa shape index (κ2) is 4.56. The maximum absolute atomic E-state index is 12.3. The predicted octanol–water partition coefficient (Wildman–Crippen LogP) is 2.26. The molecule has 0 aliphatic heterocycles. The summed E-state index contributed by atoms with van der Waals surface area (Å²) < 4.78 is 0. The molecule has 0 aromatic heterocycles. The third-order valence-electron chi connectivity index (χ3n) is 3.43. The molecule has 0 radical (unpaired) electrons. The molecule has 1 amide bonds. The van der Waals surface area contributed by atoms with Crippen molar-refractivity contribution in [2.75, 3.05) is 6.61 Å². The van der Waals surface area contributed by atoms with Gasteiger partial charge in [-0.15, -0.1) is 0 Å². The van der Waals surface area contributed by atoms with Crippen molar-refractivity contribution in [3.63, 3.8) is 0 Å². The minimum absolute atomic E-state index is 0.0103. The summed E-state index contributed by atoms with van der Waals surface area (Å²) in [6.07, 6.45) is 1.70. The van der Waals surface area contributed by atoms with Crippen molar-refractivity contribution in [1.82, 2.24) is 5.32 Å². The largest absolute Gasteiger partial charge is 0.394 e. The van der Waals surface area contributed by atoms with Crippen LogP contribution in [0.25, 0.3) is 0 Å². The number of aliphatic hydroxyl groups excluding tert-OH is 1. The predicted molar refractivity (Wildman–Crippen MR) is 71.7 cm³/mol. The highest BCUT2D eigenvalue weighted by atomic mass is 35.5. The Morgan fingerprint density at radius 1 is 1.39 bits per heavy atom. The highest BCUT2D eigenvalue weighted by molar-refractivity contribution is 6.30. The number of carbonyl (C=O) groups excluding carboxylic acids is 1. The number of aliphatic hydroxyl groups is 1. The van der Waals surface area contributed by atoms with Crippen LogP contribution in [-0.4, -0.2) is 23.2 Å². The zero-order chi connectivity index (χ0) is 13.4. The van der Waals surface area contributed by atoms with Gasteiger partial charge in [0.15, 0.2) is 0 Å². The normalized spacial score (nSPS) is 17.3. The van der Waals surface area contributed by atoms with Crippen molar-refractivity contribution in [3.8, 4) is 0 Å². The summed E-state index contributed by atoms with van der Waals surface area (Å²) in [6.45, 7) is 3.54. The Morgan fingerprint density at radius 3 is 2.39 bits per heavy atom. The highest BCUT2D eigenvalue weighted by Gasteiger charge is 2.52. The number of benzene rings is 1. The summed E-state index contributed by atoms with van der Waals surface area (Å²) in [7, 11) is 0. The Hall–Kier alpha value is -1.06. The maximum atomic E-state index is 12.3. The smallest absolute Gasteiger partial charge is 0.231 e. The van der Waals surface area contributed by atoms with Gasteiger partial charge < -0.3 is 10.4 Å². The second-order valence-corrected chi connectivity index (χ2v) is 6.02. The molecule has 0 heterocycles. The summed E-state index contributed by atoms with van der Waals surface area (Å²) in [4.78, 5) is 12.3. The van der Waals surface area contributed by atoms with Crippen LogP contribution >= 0.6 is 11.6 Å². The van der Waals surface area contributed by atoms with E-state index in [1.165, 1.54) is 0 Å². The van der Waals surface area contributed by atoms with Gasteiger partial charge in [0.1, 0.15) is 0 Å². The van der Waals surface area contributed by atoms with E-state index >= 15 is 0 Å². The molecule has 0 saturated heterocycles. The third kappa shape index (κ3) is 2.52. The van der Waals surface area contributed by atoms with Crippen LogP contribution in [0.1, 0.15) is 32.3 Å². The van der Waals surface area contributed by atoms with Gasteiger partial charge in [0.25, 0.3) is 0 Å². The Balaban J connectivity index is 2.17. The Labute approximate surface area is 112 Å². The molecule has 3 nitrogen and oxygen atoms in total. The number of rotatable bonds is 4. The van der Waals surface area contributed by atoms with Crippen molar-refractivity contribution in [1.29, 1.82) is 0 Å². The topological polar surface area (TPSA) is 49.3 Å². The van der Waals surface area contributed by atoms with Crippen molar-refractivity contribution < 1.29 is 9.90 Å². The first-order chi connectivity index (χ1) is 8.39. The molecule has 98 valence electrons. The van der Waals surface area contributed by atoms with Gasteiger partial charge in [-0.1, -0.05) is 23.7 Å². The van der Waals surface area contributed by atoms with Crippen molar-refractivity contribution in [3.05, 3.63) is 34.9 Å². The third-order valence-corrected chi connectivity index (χ3v) is 3.68. The van der Waals surface area contributed by atoms with Gasteiger partial charge in [-0.05, 0) is 44.4 Å². The van der Waals surface area contributed by atoms with Crippen LogP contribution in [0.3, 0.4) is 0 Å². The summed E-state index contributed by atoms with van der Waals surface area (Å²) in [6, 6.07) is 7.42. The lowest BCUT2D eigenvalue weighted by molar-refractivity contribution is -0.125. The number of hydrogen-bond acceptors (Lipinski definition) is 2. The summed E-state index contributed by atoms with van der Waals surface area (Å²) >= 11 is 5.86. The van der Waals surface area contributed by atoms with E-state index in [0.717, 1.165) is 18.4 Å². The van der Waals surface area contributed by atoms with Crippen molar-refractivity contribution in [2.45, 2.75) is 37.6 Å². The molecule has 1 saturated carbocycles. The maximum Gasteiger partial charge on any atom is 0.231 e. The molecule has 0 spiro atoms. The first kappa shape index (κ1) is 13.4. The van der Waals surface area contributed by atoms with Gasteiger partial charge in [-0.2, -0.15) is 0 Å². The lowest BCUT2D eigenvalue weighted by atomic mass is 9.93. The summed E-state index contributed by atoms with van der Waals surface area (Å²) in [5, 5.41) is 12.8. The second-order valence-electron chi connectivity index (χ2n) is 5.59. The lowest BCUT2D eigenvalue weighted by Crippen LogP contribution is -2.50. The fraction of sp³-hybridized carbons (Fsp3) is 0.500. The SMILES string of the molecule is CC(C)(CO)NC(=O)C1(c2ccc(Cl)cc2)CC1. The minimum atomic E-state index is -0.584. The monoisotopic (exact) mass is 267 g/mol. The van der Waals surface area contributed by atoms with Gasteiger partial charge in [0, 0.05) is 5.02 Å². The Kier molecular flexibility index (Phi) is 3.39. The van der Waals surface area contributed by atoms with E-state index in [-0.39, 0.29) is 12.5 Å². The van der Waals surface area contributed by atoms with Crippen LogP contribution < -0.4 is 5.32 Å². The fourth-order valence-electron chi connectivity index (χ4n) is 2.01. The Morgan fingerprint density at radius 2 is 1.94 bits per heavy atom. The van der Waals surface area contributed by atoms with Crippen molar-refractivity contribution in [2.24, 2.45) is 0 Å². The van der Waals surface area contributed by atoms with Crippen LogP contribution in [-0.2, 0) is 10.2 Å². The van der Waals surface area contributed by atoms with Gasteiger partial charge >= 0.3 is 0 Å². The van der Waals surface area contributed by atoms with Gasteiger partial charge in [-0.25, -0.2) is 0 Å². The van der Waals surface area contributed by atoms with Crippen LogP contribution in [0, 0.1) is 0 Å². The standard InChI is InChI=1S/C14H18ClNO2/c1-13(2,9-17)16-12(18)14(7-8-14)10-3-5-11(15)6-4-10/h3-6,17H,7-9H2,1-2H3,(H,16,18). The van der Waals surface area contributed by atoms with Crippen LogP contribution in [0.4, 0.5) is 0 Å². The van der Waals surface area contributed by atoms with Gasteiger partial charge in [0.05, 0.1) is 17.6 Å². The van der Waals surface area contributed by atoms with E-state index in [9.17, 15) is 9.90 Å². The zero-order valence-corrected chi connectivity index (χ0v) is 11.4. The first-order valence-electron chi connectivity index (χ1n) is 6.09. The summed E-state index contributed by atoms with van der Waals surface area (Å²) in [5.41, 5.74) is -0.00556. The molecule has 0 bridgehead atoms. The average molecular weight is 268 g/mol. The van der Waals surface area contributed by atoms with Gasteiger partial charge in [-0.3, -0.25) is 4.79 Å². The molecule has 0 unspecified atom stereocenters. The average Bonchev–Trinajstić information content (AvgIpc) is 3.11. The summed E-state index contributed by atoms with van der Waals surface area (Å²) in [5.74, 6) is -0.0103. The molecule has 1 aliphatic rings. The molecule has 1 fully saturated rings. The molecule has 18 heavy (non-hydrogen) atoms. The van der Waals surface area contributed by atoms with Crippen molar-refractivity contribution >= 4 is 17.5 Å². The molecular weight excluding hydrogens is 250 g/mol. The highest BCUT2D eigenvalue weighted by Crippen LogP contribution is 2.48. The van der Waals surface area contributed by atoms with E-state index in [1.807, 2.05) is 26.0 Å². The first-order valence-corrected chi connectivity index (χ1v) is 6.47. The molecule has 0 atom stereocenters. The molecular formula is C14H18ClNO2. The molecule has 2 N–H and O–H groups in total. The molecule has 2 rings (SSSR count). The zero-order valence-electron chi connectivity index (χ0n) is 10.7. The van der Waals surface area contributed by atoms with Crippen LogP contribution in [0.2, 0.25) is 5.02 Å². The van der Waals surface area contributed by atoms with Gasteiger partial charge in [0.2, 0.25) is 5.91 Å². The van der Waals surface area contributed by atoms with Crippen LogP contribution in [0.15, 0.2) is 24.3 Å². The Bertz CT molecular complexity index is 449.